The van der Waals surface area contributed by atoms with Gasteiger partial charge in [-0.3, -0.25) is 24.8 Å². The van der Waals surface area contributed by atoms with E-state index in [4.69, 9.17) is 10.5 Å². The van der Waals surface area contributed by atoms with Crippen LogP contribution in [0.1, 0.15) is 43.2 Å². The van der Waals surface area contributed by atoms with Gasteiger partial charge in [-0.15, -0.1) is 0 Å². The maximum Gasteiger partial charge on any atom is 0.411 e. The highest BCUT2D eigenvalue weighted by Gasteiger charge is 2.59. The van der Waals surface area contributed by atoms with Crippen molar-refractivity contribution in [1.82, 2.24) is 15.2 Å². The predicted octanol–water partition coefficient (Wildman–Crippen LogP) is 0.897. The number of carbonyl (C=O) groups is 2. The van der Waals surface area contributed by atoms with Gasteiger partial charge < -0.3 is 15.8 Å². The quantitative estimate of drug-likeness (QED) is 0.600. The lowest BCUT2D eigenvalue weighted by Gasteiger charge is -2.61. The Bertz CT molecular complexity index is 786. The number of nitrogens with zero attached hydrogens (tertiary/aromatic N) is 3. The smallest absolute Gasteiger partial charge is 0.411 e. The van der Waals surface area contributed by atoms with Crippen LogP contribution in [0.25, 0.3) is 0 Å². The Morgan fingerprint density at radius 2 is 2.19 bits per heavy atom. The summed E-state index contributed by atoms with van der Waals surface area (Å²) < 4.78 is 5.50. The zero-order valence-electron chi connectivity index (χ0n) is 14.8. The maximum absolute atomic E-state index is 12.7. The van der Waals surface area contributed by atoms with Crippen LogP contribution >= 0.6 is 0 Å². The van der Waals surface area contributed by atoms with E-state index in [-0.39, 0.29) is 11.6 Å². The molecule has 2 unspecified atom stereocenters. The minimum absolute atomic E-state index is 0.0624. The third kappa shape index (κ3) is 2.85. The van der Waals surface area contributed by atoms with Crippen LogP contribution in [0, 0.1) is 10.1 Å². The third-order valence-corrected chi connectivity index (χ3v) is 4.61. The average Bonchev–Trinajstić information content (AvgIpc) is 2.52. The number of amides is 2. The first kappa shape index (κ1) is 18.1. The molecular formula is C16H21N5O5. The Morgan fingerprint density at radius 3 is 2.73 bits per heavy atom. The average molecular weight is 363 g/mol. The molecule has 3 aliphatic rings. The number of nitro groups is 1. The molecule has 0 radical (unpaired) electrons. The summed E-state index contributed by atoms with van der Waals surface area (Å²) in [6.45, 7) is 6.37. The zero-order valence-corrected chi connectivity index (χ0v) is 14.8. The monoisotopic (exact) mass is 363 g/mol. The second kappa shape index (κ2) is 5.90. The summed E-state index contributed by atoms with van der Waals surface area (Å²) in [6, 6.07) is 1.24. The molecule has 3 saturated heterocycles. The number of ether oxygens (including phenoxy) is 1. The molecular weight excluding hydrogens is 342 g/mol. The number of primary amides is 1. The van der Waals surface area contributed by atoms with Crippen LogP contribution in [0.15, 0.2) is 12.3 Å². The first-order chi connectivity index (χ1) is 12.0. The number of hydrogen-bond donors (Lipinski definition) is 2. The highest BCUT2D eigenvalue weighted by molar-refractivity contribution is 5.96. The fourth-order valence-corrected chi connectivity index (χ4v) is 3.58. The normalized spacial score (nSPS) is 24.6. The molecule has 2 amide bonds. The van der Waals surface area contributed by atoms with Crippen molar-refractivity contribution < 1.29 is 19.2 Å². The number of fused-ring (bicyclic) bond motifs is 2. The van der Waals surface area contributed by atoms with Crippen molar-refractivity contribution in [2.75, 3.05) is 13.1 Å². The van der Waals surface area contributed by atoms with Crippen molar-refractivity contribution in [1.29, 1.82) is 0 Å². The van der Waals surface area contributed by atoms with Gasteiger partial charge in [-0.05, 0) is 33.3 Å². The molecule has 26 heavy (non-hydrogen) atoms. The fourth-order valence-electron chi connectivity index (χ4n) is 3.58. The van der Waals surface area contributed by atoms with E-state index in [1.807, 2.05) is 0 Å². The molecule has 0 aliphatic carbocycles. The van der Waals surface area contributed by atoms with E-state index < -0.39 is 33.8 Å². The third-order valence-electron chi connectivity index (χ3n) is 4.61. The predicted molar refractivity (Wildman–Crippen MR) is 90.4 cm³/mol. The summed E-state index contributed by atoms with van der Waals surface area (Å²) in [5.74, 6) is -0.916. The zero-order chi connectivity index (χ0) is 19.3. The van der Waals surface area contributed by atoms with Crippen molar-refractivity contribution in [2.45, 2.75) is 44.4 Å². The van der Waals surface area contributed by atoms with E-state index in [1.165, 1.54) is 6.07 Å². The van der Waals surface area contributed by atoms with Crippen LogP contribution in [0.3, 0.4) is 0 Å². The lowest BCUT2D eigenvalue weighted by atomic mass is 9.72. The Balaban J connectivity index is 2.01. The van der Waals surface area contributed by atoms with Crippen molar-refractivity contribution >= 4 is 17.7 Å². The summed E-state index contributed by atoms with van der Waals surface area (Å²) in [5.41, 5.74) is 3.52. The van der Waals surface area contributed by atoms with Gasteiger partial charge in [0.25, 0.3) is 11.6 Å². The van der Waals surface area contributed by atoms with Crippen molar-refractivity contribution in [3.63, 3.8) is 0 Å². The van der Waals surface area contributed by atoms with E-state index in [0.717, 1.165) is 6.20 Å². The molecule has 1 aromatic heterocycles. The minimum atomic E-state index is -0.916. The van der Waals surface area contributed by atoms with E-state index in [2.05, 4.69) is 10.3 Å². The number of carbonyl (C=O) groups excluding carboxylic acids is 2. The number of pyridine rings is 1. The number of piperidine rings is 1. The van der Waals surface area contributed by atoms with Crippen LogP contribution in [-0.4, -0.2) is 51.5 Å². The highest BCUT2D eigenvalue weighted by Crippen LogP contribution is 2.47. The first-order valence-electron chi connectivity index (χ1n) is 8.23. The largest absolute Gasteiger partial charge is 0.444 e. The van der Waals surface area contributed by atoms with Gasteiger partial charge in [-0.2, -0.15) is 0 Å². The Morgan fingerprint density at radius 1 is 1.50 bits per heavy atom. The second-order valence-electron chi connectivity index (χ2n) is 7.58. The van der Waals surface area contributed by atoms with Crippen molar-refractivity contribution in [3.8, 4) is 0 Å². The van der Waals surface area contributed by atoms with Crippen molar-refractivity contribution in [3.05, 3.63) is 33.6 Å². The van der Waals surface area contributed by atoms with Crippen LogP contribution in [0.4, 0.5) is 10.5 Å². The Kier molecular flexibility index (Phi) is 4.10. The molecule has 0 aromatic carbocycles. The number of nitrogens with two attached hydrogens (primary N) is 1. The maximum atomic E-state index is 12.7. The molecule has 3 fully saturated rings. The topological polar surface area (TPSA) is 141 Å². The minimum Gasteiger partial charge on any atom is -0.444 e. The summed E-state index contributed by atoms with van der Waals surface area (Å²) in [5, 5.41) is 14.3. The molecule has 4 heterocycles. The summed E-state index contributed by atoms with van der Waals surface area (Å²) >= 11 is 0. The van der Waals surface area contributed by atoms with E-state index in [1.54, 1.807) is 25.7 Å². The molecule has 3 N–H and O–H groups in total. The molecule has 0 saturated carbocycles. The van der Waals surface area contributed by atoms with Crippen molar-refractivity contribution in [2.24, 2.45) is 5.73 Å². The standard InChI is InChI=1S/C16H21N5O5/c1-15(2,3)26-14(23)20-9-5-16(20,8-18-6-9)12-4-10(13(17)22)11(7-19-12)21(24)25/h4,7,9,18H,5-6,8H2,1-3H3,(H2,17,22). The fraction of sp³-hybridized carbons (Fsp3) is 0.562. The second-order valence-corrected chi connectivity index (χ2v) is 7.58. The van der Waals surface area contributed by atoms with Gasteiger partial charge in [0.2, 0.25) is 0 Å². The number of aromatic nitrogens is 1. The number of piperazine rings is 1. The molecule has 3 aliphatic heterocycles. The molecule has 2 atom stereocenters. The molecule has 10 heteroatoms. The summed E-state index contributed by atoms with van der Waals surface area (Å²) in [4.78, 5) is 40.5. The number of nitrogens with one attached hydrogen (secondary N) is 1. The molecule has 1 aromatic rings. The SMILES string of the molecule is CC(C)(C)OC(=O)N1C2CNCC1(c1cc(C(N)=O)c([N+](=O)[O-])cn1)C2. The van der Waals surface area contributed by atoms with E-state index in [0.29, 0.717) is 25.2 Å². The van der Waals surface area contributed by atoms with E-state index in [9.17, 15) is 19.7 Å². The van der Waals surface area contributed by atoms with Crippen LogP contribution in [0.5, 0.6) is 0 Å². The Labute approximate surface area is 149 Å². The Hall–Kier alpha value is -2.75. The number of rotatable bonds is 3. The van der Waals surface area contributed by atoms with Crippen LogP contribution in [0.2, 0.25) is 0 Å². The molecule has 2 bridgehead atoms. The van der Waals surface area contributed by atoms with Gasteiger partial charge >= 0.3 is 6.09 Å². The van der Waals surface area contributed by atoms with Gasteiger partial charge in [0.1, 0.15) is 22.9 Å². The first-order valence-corrected chi connectivity index (χ1v) is 8.23. The molecule has 4 rings (SSSR count). The molecule has 0 spiro atoms. The lowest BCUT2D eigenvalue weighted by molar-refractivity contribution is -0.385. The van der Waals surface area contributed by atoms with Gasteiger partial charge in [0, 0.05) is 13.1 Å². The van der Waals surface area contributed by atoms with E-state index >= 15 is 0 Å². The summed E-state index contributed by atoms with van der Waals surface area (Å²) in [7, 11) is 0. The molecule has 10 nitrogen and oxygen atoms in total. The van der Waals surface area contributed by atoms with Crippen LogP contribution in [-0.2, 0) is 10.3 Å². The van der Waals surface area contributed by atoms with Crippen LogP contribution < -0.4 is 11.1 Å². The number of hydrogen-bond acceptors (Lipinski definition) is 7. The molecule has 140 valence electrons. The highest BCUT2D eigenvalue weighted by atomic mass is 16.6. The van der Waals surface area contributed by atoms with Gasteiger partial charge in [0.05, 0.1) is 16.7 Å². The lowest BCUT2D eigenvalue weighted by Crippen LogP contribution is -2.76. The van der Waals surface area contributed by atoms with Gasteiger partial charge in [-0.1, -0.05) is 0 Å². The summed E-state index contributed by atoms with van der Waals surface area (Å²) in [6.07, 6.45) is 1.16. The van der Waals surface area contributed by atoms with Gasteiger partial charge in [0.15, 0.2) is 0 Å². The van der Waals surface area contributed by atoms with Gasteiger partial charge in [-0.25, -0.2) is 4.79 Å².